The summed E-state index contributed by atoms with van der Waals surface area (Å²) in [5, 5.41) is 2.58. The molecule has 1 aromatic heterocycles. The van der Waals surface area contributed by atoms with Crippen LogP contribution in [0.25, 0.3) is 22.1 Å². The Hall–Kier alpha value is -2.02. The molecule has 1 heterocycles. The van der Waals surface area contributed by atoms with Crippen molar-refractivity contribution in [3.05, 3.63) is 59.9 Å². The smallest absolute Gasteiger partial charge is 0.138 e. The molecule has 76 valence electrons. The minimum atomic E-state index is 1.01. The van der Waals surface area contributed by atoms with Gasteiger partial charge in [0.1, 0.15) is 5.76 Å². The van der Waals surface area contributed by atoms with Crippen LogP contribution in [0.5, 0.6) is 0 Å². The second-order valence-electron chi connectivity index (χ2n) is 4.27. The fourth-order valence-corrected chi connectivity index (χ4v) is 2.63. The van der Waals surface area contributed by atoms with Crippen molar-refractivity contribution in [1.82, 2.24) is 0 Å². The first-order chi connectivity index (χ1) is 7.93. The van der Waals surface area contributed by atoms with Gasteiger partial charge in [-0.3, -0.25) is 0 Å². The van der Waals surface area contributed by atoms with E-state index in [9.17, 15) is 0 Å². The highest BCUT2D eigenvalue weighted by atomic mass is 16.3. The highest BCUT2D eigenvalue weighted by Crippen LogP contribution is 2.41. The molecule has 2 aromatic carbocycles. The van der Waals surface area contributed by atoms with Gasteiger partial charge in [0.2, 0.25) is 0 Å². The Morgan fingerprint density at radius 3 is 2.81 bits per heavy atom. The van der Waals surface area contributed by atoms with Gasteiger partial charge < -0.3 is 4.42 Å². The largest absolute Gasteiger partial charge is 0.464 e. The minimum absolute atomic E-state index is 1.01. The van der Waals surface area contributed by atoms with Crippen LogP contribution in [0.3, 0.4) is 0 Å². The van der Waals surface area contributed by atoms with Gasteiger partial charge in [-0.1, -0.05) is 36.4 Å². The van der Waals surface area contributed by atoms with Gasteiger partial charge in [0, 0.05) is 17.5 Å². The van der Waals surface area contributed by atoms with Crippen molar-refractivity contribution in [1.29, 1.82) is 0 Å². The summed E-state index contributed by atoms with van der Waals surface area (Å²) in [6, 6.07) is 15.0. The molecule has 1 aliphatic rings. The van der Waals surface area contributed by atoms with Gasteiger partial charge in [0.25, 0.3) is 0 Å². The Morgan fingerprint density at radius 1 is 0.875 bits per heavy atom. The molecule has 0 saturated heterocycles. The van der Waals surface area contributed by atoms with E-state index in [0.29, 0.717) is 0 Å². The lowest BCUT2D eigenvalue weighted by Crippen LogP contribution is -1.82. The summed E-state index contributed by atoms with van der Waals surface area (Å²) >= 11 is 0. The van der Waals surface area contributed by atoms with Crippen LogP contribution in [0.1, 0.15) is 11.1 Å². The number of benzene rings is 2. The van der Waals surface area contributed by atoms with Gasteiger partial charge in [0.05, 0.1) is 6.26 Å². The summed E-state index contributed by atoms with van der Waals surface area (Å²) in [5.74, 6) is 1.06. The molecule has 1 nitrogen and oxygen atoms in total. The SMILES string of the molecule is c1ccc2c3c(ccc2c1)Cc1ccoc1-3. The number of furan rings is 1. The van der Waals surface area contributed by atoms with E-state index < -0.39 is 0 Å². The van der Waals surface area contributed by atoms with Crippen molar-refractivity contribution in [2.75, 3.05) is 0 Å². The first kappa shape index (κ1) is 8.17. The molecule has 0 fully saturated rings. The van der Waals surface area contributed by atoms with Crippen molar-refractivity contribution in [2.45, 2.75) is 6.42 Å². The van der Waals surface area contributed by atoms with Crippen molar-refractivity contribution in [3.8, 4) is 11.3 Å². The molecule has 0 aliphatic heterocycles. The summed E-state index contributed by atoms with van der Waals surface area (Å²) in [7, 11) is 0. The average Bonchev–Trinajstić information content (AvgIpc) is 2.88. The maximum absolute atomic E-state index is 5.61. The van der Waals surface area contributed by atoms with E-state index in [2.05, 4.69) is 42.5 Å². The van der Waals surface area contributed by atoms with Gasteiger partial charge in [-0.25, -0.2) is 0 Å². The molecule has 16 heavy (non-hydrogen) atoms. The lowest BCUT2D eigenvalue weighted by molar-refractivity contribution is 0.583. The average molecular weight is 206 g/mol. The Bertz CT molecular complexity index is 691. The minimum Gasteiger partial charge on any atom is -0.464 e. The lowest BCUT2D eigenvalue weighted by atomic mass is 10.0. The van der Waals surface area contributed by atoms with Gasteiger partial charge in [0.15, 0.2) is 0 Å². The standard InChI is InChI=1S/C15H10O/c1-2-4-13-10(3-1)5-6-11-9-12-7-8-16-15(12)14(11)13/h1-8H,9H2. The van der Waals surface area contributed by atoms with Crippen molar-refractivity contribution >= 4 is 10.8 Å². The molecule has 0 N–H and O–H groups in total. The maximum atomic E-state index is 5.61. The van der Waals surface area contributed by atoms with Crippen LogP contribution in [-0.2, 0) is 6.42 Å². The lowest BCUT2D eigenvalue weighted by Gasteiger charge is -2.04. The predicted molar refractivity (Wildman–Crippen MR) is 64.5 cm³/mol. The molecular weight excluding hydrogens is 196 g/mol. The van der Waals surface area contributed by atoms with E-state index >= 15 is 0 Å². The summed E-state index contributed by atoms with van der Waals surface area (Å²) in [6.07, 6.45) is 2.79. The summed E-state index contributed by atoms with van der Waals surface area (Å²) in [4.78, 5) is 0. The van der Waals surface area contributed by atoms with Gasteiger partial charge >= 0.3 is 0 Å². The molecule has 0 amide bonds. The first-order valence-electron chi connectivity index (χ1n) is 5.51. The van der Waals surface area contributed by atoms with Crippen LogP contribution in [0.15, 0.2) is 53.1 Å². The number of hydrogen-bond donors (Lipinski definition) is 0. The van der Waals surface area contributed by atoms with Crippen LogP contribution in [0, 0.1) is 0 Å². The molecule has 0 radical (unpaired) electrons. The van der Waals surface area contributed by atoms with Crippen LogP contribution in [0.2, 0.25) is 0 Å². The van der Waals surface area contributed by atoms with E-state index in [0.717, 1.165) is 12.2 Å². The molecule has 0 spiro atoms. The van der Waals surface area contributed by atoms with E-state index in [1.54, 1.807) is 6.26 Å². The third kappa shape index (κ3) is 0.904. The number of rotatable bonds is 0. The zero-order valence-electron chi connectivity index (χ0n) is 8.73. The molecular formula is C15H10O. The molecule has 0 atom stereocenters. The third-order valence-electron chi connectivity index (χ3n) is 3.37. The Kier molecular flexibility index (Phi) is 1.41. The molecule has 1 aliphatic carbocycles. The van der Waals surface area contributed by atoms with E-state index in [1.807, 2.05) is 0 Å². The predicted octanol–water partition coefficient (Wildman–Crippen LogP) is 4.00. The zero-order valence-corrected chi connectivity index (χ0v) is 8.73. The fraction of sp³-hybridized carbons (Fsp3) is 0.0667. The van der Waals surface area contributed by atoms with Crippen LogP contribution in [-0.4, -0.2) is 0 Å². The Labute approximate surface area is 93.3 Å². The van der Waals surface area contributed by atoms with Gasteiger partial charge in [-0.05, 0) is 22.4 Å². The summed E-state index contributed by atoms with van der Waals surface area (Å²) in [5.41, 5.74) is 3.98. The zero-order chi connectivity index (χ0) is 10.5. The molecule has 0 saturated carbocycles. The Balaban J connectivity index is 2.20. The monoisotopic (exact) mass is 206 g/mol. The summed E-state index contributed by atoms with van der Waals surface area (Å²) in [6.45, 7) is 0. The van der Waals surface area contributed by atoms with E-state index in [-0.39, 0.29) is 0 Å². The molecule has 3 aromatic rings. The van der Waals surface area contributed by atoms with Gasteiger partial charge in [-0.15, -0.1) is 0 Å². The quantitative estimate of drug-likeness (QED) is 0.423. The van der Waals surface area contributed by atoms with E-state index in [4.69, 9.17) is 4.42 Å². The number of fused-ring (bicyclic) bond motifs is 5. The normalized spacial score (nSPS) is 12.8. The first-order valence-corrected chi connectivity index (χ1v) is 5.51. The second kappa shape index (κ2) is 2.76. The highest BCUT2D eigenvalue weighted by Gasteiger charge is 2.23. The maximum Gasteiger partial charge on any atom is 0.138 e. The topological polar surface area (TPSA) is 13.1 Å². The van der Waals surface area contributed by atoms with Crippen molar-refractivity contribution < 1.29 is 4.42 Å². The van der Waals surface area contributed by atoms with Crippen LogP contribution >= 0.6 is 0 Å². The molecule has 1 heteroatoms. The number of hydrogen-bond acceptors (Lipinski definition) is 1. The highest BCUT2D eigenvalue weighted by molar-refractivity contribution is 5.99. The van der Waals surface area contributed by atoms with Crippen molar-refractivity contribution in [2.24, 2.45) is 0 Å². The Morgan fingerprint density at radius 2 is 1.81 bits per heavy atom. The second-order valence-corrected chi connectivity index (χ2v) is 4.27. The van der Waals surface area contributed by atoms with Crippen LogP contribution < -0.4 is 0 Å². The van der Waals surface area contributed by atoms with Crippen LogP contribution in [0.4, 0.5) is 0 Å². The van der Waals surface area contributed by atoms with Gasteiger partial charge in [-0.2, -0.15) is 0 Å². The molecule has 0 unspecified atom stereocenters. The third-order valence-corrected chi connectivity index (χ3v) is 3.37. The fourth-order valence-electron chi connectivity index (χ4n) is 2.63. The summed E-state index contributed by atoms with van der Waals surface area (Å²) < 4.78 is 5.61. The van der Waals surface area contributed by atoms with Crippen molar-refractivity contribution in [3.63, 3.8) is 0 Å². The van der Waals surface area contributed by atoms with E-state index in [1.165, 1.54) is 27.5 Å². The molecule has 4 rings (SSSR count). The molecule has 0 bridgehead atoms.